The molecule has 7 heteroatoms. The quantitative estimate of drug-likeness (QED) is 0.514. The molecule has 152 valence electrons. The van der Waals surface area contributed by atoms with Crippen molar-refractivity contribution in [3.63, 3.8) is 0 Å². The van der Waals surface area contributed by atoms with Crippen LogP contribution in [0.4, 0.5) is 0 Å². The summed E-state index contributed by atoms with van der Waals surface area (Å²) in [6.45, 7) is 4.71. The number of aromatic amines is 1. The lowest BCUT2D eigenvalue weighted by Crippen LogP contribution is -2.33. The molecular weight excluding hydrogens is 396 g/mol. The summed E-state index contributed by atoms with van der Waals surface area (Å²) in [6.07, 6.45) is 0.294. The summed E-state index contributed by atoms with van der Waals surface area (Å²) in [5, 5.41) is 3.61. The van der Waals surface area contributed by atoms with Crippen LogP contribution >= 0.6 is 11.3 Å². The van der Waals surface area contributed by atoms with Gasteiger partial charge in [-0.25, -0.2) is 9.97 Å². The van der Waals surface area contributed by atoms with Crippen molar-refractivity contribution < 1.29 is 4.79 Å². The molecule has 0 bridgehead atoms. The van der Waals surface area contributed by atoms with E-state index in [1.165, 1.54) is 0 Å². The zero-order valence-electron chi connectivity index (χ0n) is 16.9. The highest BCUT2D eigenvalue weighted by atomic mass is 32.1. The number of para-hydroxylation sites is 1. The van der Waals surface area contributed by atoms with Gasteiger partial charge in [-0.3, -0.25) is 9.59 Å². The van der Waals surface area contributed by atoms with Gasteiger partial charge >= 0.3 is 0 Å². The molecule has 0 fully saturated rings. The van der Waals surface area contributed by atoms with Crippen molar-refractivity contribution in [1.29, 1.82) is 0 Å². The van der Waals surface area contributed by atoms with Crippen molar-refractivity contribution in [2.45, 2.75) is 26.8 Å². The van der Waals surface area contributed by atoms with E-state index < -0.39 is 0 Å². The van der Waals surface area contributed by atoms with E-state index in [2.05, 4.69) is 15.0 Å². The van der Waals surface area contributed by atoms with E-state index in [4.69, 9.17) is 0 Å². The van der Waals surface area contributed by atoms with Gasteiger partial charge in [-0.05, 0) is 31.5 Å². The summed E-state index contributed by atoms with van der Waals surface area (Å²) in [5.74, 6) is 0.480. The van der Waals surface area contributed by atoms with Gasteiger partial charge in [0.25, 0.3) is 5.56 Å². The number of rotatable bonds is 6. The maximum atomic E-state index is 12.9. The Bertz CT molecular complexity index is 1240. The number of hydrogen-bond acceptors (Lipinski definition) is 5. The lowest BCUT2D eigenvalue weighted by atomic mass is 10.1. The van der Waals surface area contributed by atoms with Gasteiger partial charge in [0.15, 0.2) is 0 Å². The number of amides is 1. The number of nitrogens with zero attached hydrogens (tertiary/aromatic N) is 3. The van der Waals surface area contributed by atoms with Gasteiger partial charge in [0.2, 0.25) is 5.91 Å². The lowest BCUT2D eigenvalue weighted by Gasteiger charge is -2.20. The molecule has 0 aliphatic carbocycles. The van der Waals surface area contributed by atoms with Crippen molar-refractivity contribution in [2.24, 2.45) is 0 Å². The van der Waals surface area contributed by atoms with E-state index in [9.17, 15) is 9.59 Å². The van der Waals surface area contributed by atoms with Gasteiger partial charge in [0.1, 0.15) is 5.82 Å². The van der Waals surface area contributed by atoms with E-state index in [-0.39, 0.29) is 18.0 Å². The highest BCUT2D eigenvalue weighted by molar-refractivity contribution is 7.09. The molecule has 30 heavy (non-hydrogen) atoms. The van der Waals surface area contributed by atoms with Crippen LogP contribution in [-0.2, 0) is 17.8 Å². The number of likely N-dealkylation sites (N-methyl/N-ethyl adjacent to an activating group) is 1. The number of H-pyrrole nitrogens is 1. The van der Waals surface area contributed by atoms with Crippen LogP contribution in [0, 0.1) is 6.92 Å². The molecule has 0 aliphatic heterocycles. The number of aromatic nitrogens is 3. The number of aryl methyl sites for hydroxylation is 1. The minimum atomic E-state index is -0.188. The predicted molar refractivity (Wildman–Crippen MR) is 119 cm³/mol. The molecule has 0 saturated carbocycles. The average molecular weight is 419 g/mol. The molecule has 0 atom stereocenters. The van der Waals surface area contributed by atoms with Crippen LogP contribution in [0.15, 0.2) is 58.7 Å². The van der Waals surface area contributed by atoms with Crippen LogP contribution in [0.25, 0.3) is 22.2 Å². The molecule has 6 nitrogen and oxygen atoms in total. The summed E-state index contributed by atoms with van der Waals surface area (Å²) in [7, 11) is 0. The molecule has 2 aromatic heterocycles. The van der Waals surface area contributed by atoms with Crippen LogP contribution in [0.3, 0.4) is 0 Å². The van der Waals surface area contributed by atoms with Gasteiger partial charge in [0.05, 0.1) is 34.6 Å². The first-order valence-electron chi connectivity index (χ1n) is 9.80. The van der Waals surface area contributed by atoms with Gasteiger partial charge in [-0.15, -0.1) is 11.3 Å². The monoisotopic (exact) mass is 418 g/mol. The van der Waals surface area contributed by atoms with Crippen LogP contribution in [0.1, 0.15) is 23.3 Å². The van der Waals surface area contributed by atoms with Crippen LogP contribution in [-0.4, -0.2) is 32.3 Å². The van der Waals surface area contributed by atoms with E-state index in [1.54, 1.807) is 28.4 Å². The topological polar surface area (TPSA) is 79.0 Å². The molecule has 0 saturated heterocycles. The van der Waals surface area contributed by atoms with Crippen LogP contribution < -0.4 is 5.56 Å². The first-order valence-corrected chi connectivity index (χ1v) is 10.7. The Hall–Kier alpha value is -3.32. The van der Waals surface area contributed by atoms with Crippen LogP contribution in [0.5, 0.6) is 0 Å². The smallest absolute Gasteiger partial charge is 0.258 e. The van der Waals surface area contributed by atoms with E-state index in [0.717, 1.165) is 21.8 Å². The maximum absolute atomic E-state index is 12.9. The Labute approximate surface area is 178 Å². The Kier molecular flexibility index (Phi) is 5.72. The summed E-state index contributed by atoms with van der Waals surface area (Å²) in [5.41, 5.74) is 3.38. The first kappa shape index (κ1) is 20.0. The predicted octanol–water partition coefficient (Wildman–Crippen LogP) is 3.95. The van der Waals surface area contributed by atoms with Crippen molar-refractivity contribution in [3.8, 4) is 11.3 Å². The number of hydrogen-bond donors (Lipinski definition) is 1. The molecule has 4 aromatic rings. The van der Waals surface area contributed by atoms with Gasteiger partial charge in [0, 0.05) is 17.5 Å². The van der Waals surface area contributed by atoms with Gasteiger partial charge in [-0.1, -0.05) is 36.4 Å². The molecule has 0 radical (unpaired) electrons. The number of carbonyl (C=O) groups is 1. The van der Waals surface area contributed by atoms with Gasteiger partial charge < -0.3 is 9.88 Å². The first-order chi connectivity index (χ1) is 14.5. The number of benzene rings is 2. The second-order valence-electron chi connectivity index (χ2n) is 7.06. The molecule has 0 spiro atoms. The average Bonchev–Trinajstić information content (AvgIpc) is 3.19. The zero-order valence-corrected chi connectivity index (χ0v) is 17.7. The molecule has 0 unspecified atom stereocenters. The van der Waals surface area contributed by atoms with E-state index in [1.807, 2.05) is 55.6 Å². The fourth-order valence-electron chi connectivity index (χ4n) is 3.34. The number of nitrogens with one attached hydrogen (secondary N) is 1. The summed E-state index contributed by atoms with van der Waals surface area (Å²) < 4.78 is 0. The third-order valence-electron chi connectivity index (χ3n) is 4.96. The highest BCUT2D eigenvalue weighted by Crippen LogP contribution is 2.22. The fourth-order valence-corrected chi connectivity index (χ4v) is 3.96. The molecule has 4 rings (SSSR count). The largest absolute Gasteiger partial charge is 0.335 e. The van der Waals surface area contributed by atoms with Crippen LogP contribution in [0.2, 0.25) is 0 Å². The fraction of sp³-hybridized carbons (Fsp3) is 0.217. The molecule has 2 aromatic carbocycles. The van der Waals surface area contributed by atoms with Crippen molar-refractivity contribution in [1.82, 2.24) is 19.9 Å². The normalized spacial score (nSPS) is 11.0. The van der Waals surface area contributed by atoms with Gasteiger partial charge in [-0.2, -0.15) is 0 Å². The number of carbonyl (C=O) groups excluding carboxylic acids is 1. The Morgan fingerprint density at radius 2 is 1.87 bits per heavy atom. The SMILES string of the molecule is CCN(Cc1nc2ccccc2c(=O)[nH]1)C(=O)Cc1ccc(-c2csc(C)n2)cc1. The highest BCUT2D eigenvalue weighted by Gasteiger charge is 2.15. The standard InChI is InChI=1S/C23H22N4O2S/c1-3-27(13-21-25-19-7-5-4-6-18(19)23(29)26-21)22(28)12-16-8-10-17(11-9-16)20-14-30-15(2)24-20/h4-11,14H,3,12-13H2,1-2H3,(H,25,26,29). The summed E-state index contributed by atoms with van der Waals surface area (Å²) in [6, 6.07) is 15.1. The Balaban J connectivity index is 1.47. The van der Waals surface area contributed by atoms with E-state index >= 15 is 0 Å². The molecule has 1 amide bonds. The van der Waals surface area contributed by atoms with E-state index in [0.29, 0.717) is 29.7 Å². The number of thiazole rings is 1. The summed E-state index contributed by atoms with van der Waals surface area (Å²) in [4.78, 5) is 38.6. The van der Waals surface area contributed by atoms with Crippen molar-refractivity contribution in [3.05, 3.63) is 80.7 Å². The minimum Gasteiger partial charge on any atom is -0.335 e. The Morgan fingerprint density at radius 3 is 2.57 bits per heavy atom. The third-order valence-corrected chi connectivity index (χ3v) is 5.73. The van der Waals surface area contributed by atoms with Crippen molar-refractivity contribution in [2.75, 3.05) is 6.54 Å². The minimum absolute atomic E-state index is 0.00874. The maximum Gasteiger partial charge on any atom is 0.258 e. The van der Waals surface area contributed by atoms with Crippen molar-refractivity contribution >= 4 is 28.1 Å². The molecule has 1 N–H and O–H groups in total. The second kappa shape index (κ2) is 8.59. The molecular formula is C23H22N4O2S. The lowest BCUT2D eigenvalue weighted by molar-refractivity contribution is -0.131. The second-order valence-corrected chi connectivity index (χ2v) is 8.13. The molecule has 2 heterocycles. The zero-order chi connectivity index (χ0) is 21.1. The summed E-state index contributed by atoms with van der Waals surface area (Å²) >= 11 is 1.62. The third kappa shape index (κ3) is 4.31. The Morgan fingerprint density at radius 1 is 1.10 bits per heavy atom. The molecule has 0 aliphatic rings. The number of fused-ring (bicyclic) bond motifs is 1.